The Balaban J connectivity index is 1.39. The number of aryl methyl sites for hydroxylation is 1. The average molecular weight is 432 g/mol. The lowest BCUT2D eigenvalue weighted by atomic mass is 9.96. The van der Waals surface area contributed by atoms with Crippen molar-refractivity contribution in [2.75, 3.05) is 25.0 Å². The summed E-state index contributed by atoms with van der Waals surface area (Å²) < 4.78 is 39.1. The van der Waals surface area contributed by atoms with Gasteiger partial charge in [-0.2, -0.15) is 13.2 Å². The Morgan fingerprint density at radius 3 is 2.68 bits per heavy atom. The number of nitrogens with zero attached hydrogens (tertiary/aromatic N) is 5. The van der Waals surface area contributed by atoms with Crippen LogP contribution in [0.3, 0.4) is 0 Å². The van der Waals surface area contributed by atoms with Crippen LogP contribution in [0.25, 0.3) is 22.2 Å². The molecule has 0 saturated carbocycles. The molecule has 1 aliphatic heterocycles. The molecule has 7 nitrogen and oxygen atoms in total. The second kappa shape index (κ2) is 8.62. The molecule has 0 aliphatic carbocycles. The highest BCUT2D eigenvalue weighted by Gasteiger charge is 2.30. The van der Waals surface area contributed by atoms with Gasteiger partial charge in [-0.3, -0.25) is 10.1 Å². The van der Waals surface area contributed by atoms with Crippen LogP contribution in [0.2, 0.25) is 0 Å². The number of carbonyl (C=O) groups is 1. The zero-order valence-electron chi connectivity index (χ0n) is 17.1. The Morgan fingerprint density at radius 2 is 2.00 bits per heavy atom. The first-order valence-corrected chi connectivity index (χ1v) is 10.1. The van der Waals surface area contributed by atoms with Gasteiger partial charge in [0.25, 0.3) is 0 Å². The number of rotatable bonds is 5. The van der Waals surface area contributed by atoms with Crippen molar-refractivity contribution in [3.63, 3.8) is 0 Å². The van der Waals surface area contributed by atoms with Gasteiger partial charge in [0.1, 0.15) is 0 Å². The molecule has 4 rings (SSSR count). The zero-order valence-corrected chi connectivity index (χ0v) is 17.1. The molecule has 3 aromatic rings. The normalized spacial score (nSPS) is 16.0. The predicted molar refractivity (Wildman–Crippen MR) is 110 cm³/mol. The van der Waals surface area contributed by atoms with Crippen molar-refractivity contribution in [2.24, 2.45) is 13.0 Å². The van der Waals surface area contributed by atoms with E-state index in [2.05, 4.69) is 20.3 Å². The van der Waals surface area contributed by atoms with Crippen molar-refractivity contribution in [3.05, 3.63) is 36.9 Å². The molecule has 10 heteroatoms. The Labute approximate surface area is 177 Å². The van der Waals surface area contributed by atoms with E-state index in [-0.39, 0.29) is 24.3 Å². The van der Waals surface area contributed by atoms with E-state index in [4.69, 9.17) is 0 Å². The largest absolute Gasteiger partial charge is 0.390 e. The van der Waals surface area contributed by atoms with E-state index in [0.717, 1.165) is 16.6 Å². The number of imidazole rings is 1. The van der Waals surface area contributed by atoms with Crippen LogP contribution in [0.15, 0.2) is 36.9 Å². The number of carbonyl (C=O) groups excluding carboxylic acids is 1. The lowest BCUT2D eigenvalue weighted by molar-refractivity contribution is -0.139. The van der Waals surface area contributed by atoms with Crippen molar-refractivity contribution in [1.82, 2.24) is 24.4 Å². The Kier molecular flexibility index (Phi) is 5.90. The van der Waals surface area contributed by atoms with Crippen molar-refractivity contribution in [3.8, 4) is 11.3 Å². The highest BCUT2D eigenvalue weighted by Crippen LogP contribution is 2.25. The van der Waals surface area contributed by atoms with Crippen LogP contribution in [0.1, 0.15) is 19.3 Å². The molecule has 0 spiro atoms. The van der Waals surface area contributed by atoms with Crippen LogP contribution in [-0.4, -0.2) is 56.1 Å². The molecule has 1 aromatic carbocycles. The molecule has 0 radical (unpaired) electrons. The summed E-state index contributed by atoms with van der Waals surface area (Å²) in [5.41, 5.74) is 2.60. The van der Waals surface area contributed by atoms with Crippen LogP contribution >= 0.6 is 0 Å². The molecular weight excluding hydrogens is 409 g/mol. The van der Waals surface area contributed by atoms with Gasteiger partial charge in [-0.15, -0.1) is 0 Å². The van der Waals surface area contributed by atoms with Crippen LogP contribution < -0.4 is 5.32 Å². The minimum atomic E-state index is -4.15. The standard InChI is InChI=1S/C21H23F3N6O/c1-29-13-25-12-18(29)15-2-3-16-11-26-20(27-17(16)10-15)28-19(31)14-4-7-30(8-5-14)9-6-21(22,23)24/h2-3,10-14H,4-9H2,1H3,(H,26,27,28,31). The number of halogens is 3. The molecule has 3 heterocycles. The van der Waals surface area contributed by atoms with Gasteiger partial charge in [-0.05, 0) is 32.0 Å². The molecule has 1 N–H and O–H groups in total. The average Bonchev–Trinajstić information content (AvgIpc) is 3.17. The Bertz CT molecular complexity index is 1070. The van der Waals surface area contributed by atoms with E-state index in [1.54, 1.807) is 23.6 Å². The molecule has 1 aliphatic rings. The Hall–Kier alpha value is -3.01. The zero-order chi connectivity index (χ0) is 22.0. The van der Waals surface area contributed by atoms with E-state index >= 15 is 0 Å². The maximum atomic E-state index is 12.6. The van der Waals surface area contributed by atoms with Crippen molar-refractivity contribution in [2.45, 2.75) is 25.4 Å². The fourth-order valence-electron chi connectivity index (χ4n) is 3.79. The summed E-state index contributed by atoms with van der Waals surface area (Å²) in [6, 6.07) is 5.80. The number of fused-ring (bicyclic) bond motifs is 1. The molecular formula is C21H23F3N6O. The second-order valence-corrected chi connectivity index (χ2v) is 7.83. The van der Waals surface area contributed by atoms with Gasteiger partial charge >= 0.3 is 6.18 Å². The topological polar surface area (TPSA) is 75.9 Å². The maximum absolute atomic E-state index is 12.6. The summed E-state index contributed by atoms with van der Waals surface area (Å²) in [6.45, 7) is 0.923. The van der Waals surface area contributed by atoms with Crippen LogP contribution in [-0.2, 0) is 11.8 Å². The minimum absolute atomic E-state index is 0.0232. The van der Waals surface area contributed by atoms with Crippen molar-refractivity contribution >= 4 is 22.8 Å². The number of anilines is 1. The Morgan fingerprint density at radius 1 is 1.23 bits per heavy atom. The monoisotopic (exact) mass is 432 g/mol. The van der Waals surface area contributed by atoms with E-state index < -0.39 is 12.6 Å². The number of amides is 1. The number of likely N-dealkylation sites (tertiary alicyclic amines) is 1. The summed E-state index contributed by atoms with van der Waals surface area (Å²) in [4.78, 5) is 27.2. The highest BCUT2D eigenvalue weighted by atomic mass is 19.4. The van der Waals surface area contributed by atoms with E-state index in [1.807, 2.05) is 29.8 Å². The number of aromatic nitrogens is 4. The first kappa shape index (κ1) is 21.2. The van der Waals surface area contributed by atoms with Gasteiger partial charge in [0, 0.05) is 36.7 Å². The van der Waals surface area contributed by atoms with Gasteiger partial charge in [0.15, 0.2) is 0 Å². The summed E-state index contributed by atoms with van der Waals surface area (Å²) in [5.74, 6) is -0.237. The molecule has 31 heavy (non-hydrogen) atoms. The number of benzene rings is 1. The van der Waals surface area contributed by atoms with Gasteiger partial charge in [0.2, 0.25) is 11.9 Å². The smallest absolute Gasteiger partial charge is 0.334 e. The quantitative estimate of drug-likeness (QED) is 0.666. The summed E-state index contributed by atoms with van der Waals surface area (Å²) in [7, 11) is 1.91. The molecule has 1 amide bonds. The molecule has 0 bridgehead atoms. The fourth-order valence-corrected chi connectivity index (χ4v) is 3.79. The van der Waals surface area contributed by atoms with Crippen LogP contribution in [0, 0.1) is 5.92 Å². The van der Waals surface area contributed by atoms with Gasteiger partial charge in [0.05, 0.1) is 30.2 Å². The highest BCUT2D eigenvalue weighted by molar-refractivity contribution is 5.92. The lowest BCUT2D eigenvalue weighted by Gasteiger charge is -2.31. The van der Waals surface area contributed by atoms with Crippen molar-refractivity contribution < 1.29 is 18.0 Å². The maximum Gasteiger partial charge on any atom is 0.390 e. The van der Waals surface area contributed by atoms with E-state index in [0.29, 0.717) is 31.4 Å². The summed E-state index contributed by atoms with van der Waals surface area (Å²) >= 11 is 0. The van der Waals surface area contributed by atoms with Gasteiger partial charge < -0.3 is 9.47 Å². The summed E-state index contributed by atoms with van der Waals surface area (Å²) in [5, 5.41) is 3.61. The van der Waals surface area contributed by atoms with E-state index in [9.17, 15) is 18.0 Å². The predicted octanol–water partition coefficient (Wildman–Crippen LogP) is 3.63. The fraction of sp³-hybridized carbons (Fsp3) is 0.429. The van der Waals surface area contributed by atoms with Crippen LogP contribution in [0.4, 0.5) is 19.1 Å². The first-order chi connectivity index (χ1) is 14.8. The van der Waals surface area contributed by atoms with Gasteiger partial charge in [-0.25, -0.2) is 15.0 Å². The lowest BCUT2D eigenvalue weighted by Crippen LogP contribution is -2.39. The first-order valence-electron chi connectivity index (χ1n) is 10.1. The molecule has 0 atom stereocenters. The number of alkyl halides is 3. The molecule has 2 aromatic heterocycles. The van der Waals surface area contributed by atoms with Crippen molar-refractivity contribution in [1.29, 1.82) is 0 Å². The molecule has 164 valence electrons. The molecule has 0 unspecified atom stereocenters. The third kappa shape index (κ3) is 5.19. The number of hydrogen-bond donors (Lipinski definition) is 1. The summed E-state index contributed by atoms with van der Waals surface area (Å²) in [6.07, 6.45) is 1.20. The SMILES string of the molecule is Cn1cncc1-c1ccc2cnc(NC(=O)C3CCN(CCC(F)(F)F)CC3)nc2c1. The van der Waals surface area contributed by atoms with Gasteiger partial charge in [-0.1, -0.05) is 12.1 Å². The molecule has 1 saturated heterocycles. The number of piperidine rings is 1. The minimum Gasteiger partial charge on any atom is -0.334 e. The third-order valence-corrected chi connectivity index (χ3v) is 5.60. The third-order valence-electron chi connectivity index (χ3n) is 5.60. The van der Waals surface area contributed by atoms with Crippen LogP contribution in [0.5, 0.6) is 0 Å². The van der Waals surface area contributed by atoms with E-state index in [1.165, 1.54) is 0 Å². The number of hydrogen-bond acceptors (Lipinski definition) is 5. The number of nitrogens with one attached hydrogen (secondary N) is 1. The molecule has 1 fully saturated rings. The second-order valence-electron chi connectivity index (χ2n) is 7.83.